The predicted octanol–water partition coefficient (Wildman–Crippen LogP) is 1.69. The molecule has 0 aromatic carbocycles. The molecule has 22 heavy (non-hydrogen) atoms. The minimum Gasteiger partial charge on any atom is -0.474 e. The van der Waals surface area contributed by atoms with Gasteiger partial charge in [-0.3, -0.25) is 4.79 Å². The molecule has 0 radical (unpaired) electrons. The van der Waals surface area contributed by atoms with Crippen LogP contribution in [0.15, 0.2) is 30.7 Å². The SMILES string of the molecule is C=C(C)OC(=O)N1CCC(Oc2ccc(C(N)=O)cn2)CC1. The van der Waals surface area contributed by atoms with Gasteiger partial charge in [-0.15, -0.1) is 0 Å². The van der Waals surface area contributed by atoms with Crippen molar-refractivity contribution in [1.82, 2.24) is 9.88 Å². The average molecular weight is 305 g/mol. The van der Waals surface area contributed by atoms with Gasteiger partial charge in [0.1, 0.15) is 6.10 Å². The minimum atomic E-state index is -0.525. The molecule has 0 saturated carbocycles. The standard InChI is InChI=1S/C15H19N3O4/c1-10(2)21-15(20)18-7-5-12(6-8-18)22-13-4-3-11(9-17-13)14(16)19/h3-4,9,12H,1,5-8H2,2H3,(H2,16,19). The molecule has 2 rings (SSSR count). The number of aromatic nitrogens is 1. The summed E-state index contributed by atoms with van der Waals surface area (Å²) in [4.78, 5) is 28.4. The minimum absolute atomic E-state index is 0.0270. The third-order valence-corrected chi connectivity index (χ3v) is 3.27. The van der Waals surface area contributed by atoms with E-state index >= 15 is 0 Å². The van der Waals surface area contributed by atoms with Gasteiger partial charge in [-0.05, 0) is 13.0 Å². The zero-order valence-electron chi connectivity index (χ0n) is 12.4. The average Bonchev–Trinajstić information content (AvgIpc) is 2.48. The lowest BCUT2D eigenvalue weighted by molar-refractivity contribution is 0.0800. The summed E-state index contributed by atoms with van der Waals surface area (Å²) < 4.78 is 10.7. The summed E-state index contributed by atoms with van der Waals surface area (Å²) in [5, 5.41) is 0. The Kier molecular flexibility index (Phi) is 4.98. The number of primary amides is 1. The van der Waals surface area contributed by atoms with E-state index in [4.69, 9.17) is 15.2 Å². The Bertz CT molecular complexity index is 563. The topological polar surface area (TPSA) is 94.7 Å². The van der Waals surface area contributed by atoms with Crippen molar-refractivity contribution in [2.75, 3.05) is 13.1 Å². The van der Waals surface area contributed by atoms with Gasteiger partial charge in [0.25, 0.3) is 0 Å². The lowest BCUT2D eigenvalue weighted by atomic mass is 10.1. The van der Waals surface area contributed by atoms with E-state index in [1.54, 1.807) is 24.0 Å². The third kappa shape index (κ3) is 4.21. The molecule has 2 amide bonds. The molecule has 7 nitrogen and oxygen atoms in total. The molecule has 0 atom stereocenters. The Labute approximate surface area is 128 Å². The fraction of sp³-hybridized carbons (Fsp3) is 0.400. The van der Waals surface area contributed by atoms with E-state index in [-0.39, 0.29) is 12.2 Å². The van der Waals surface area contributed by atoms with Gasteiger partial charge in [-0.1, -0.05) is 6.58 Å². The van der Waals surface area contributed by atoms with E-state index in [2.05, 4.69) is 11.6 Å². The molecule has 1 fully saturated rings. The molecule has 0 unspecified atom stereocenters. The van der Waals surface area contributed by atoms with E-state index in [9.17, 15) is 9.59 Å². The quantitative estimate of drug-likeness (QED) is 0.854. The van der Waals surface area contributed by atoms with Crippen molar-refractivity contribution < 1.29 is 19.1 Å². The van der Waals surface area contributed by atoms with Crippen LogP contribution in [-0.4, -0.2) is 41.1 Å². The van der Waals surface area contributed by atoms with Crippen molar-refractivity contribution in [3.05, 3.63) is 36.2 Å². The second kappa shape index (κ2) is 6.93. The van der Waals surface area contributed by atoms with Crippen LogP contribution in [-0.2, 0) is 4.74 Å². The van der Waals surface area contributed by atoms with Crippen LogP contribution in [0.5, 0.6) is 5.88 Å². The predicted molar refractivity (Wildman–Crippen MR) is 79.3 cm³/mol. The van der Waals surface area contributed by atoms with Gasteiger partial charge in [0.15, 0.2) is 0 Å². The smallest absolute Gasteiger partial charge is 0.414 e. The second-order valence-corrected chi connectivity index (χ2v) is 5.12. The van der Waals surface area contributed by atoms with E-state index < -0.39 is 5.91 Å². The summed E-state index contributed by atoms with van der Waals surface area (Å²) in [5.41, 5.74) is 5.49. The summed E-state index contributed by atoms with van der Waals surface area (Å²) in [6.07, 6.45) is 2.35. The first-order chi connectivity index (χ1) is 10.5. The van der Waals surface area contributed by atoms with Crippen molar-refractivity contribution in [1.29, 1.82) is 0 Å². The van der Waals surface area contributed by atoms with Gasteiger partial charge in [-0.2, -0.15) is 0 Å². The highest BCUT2D eigenvalue weighted by molar-refractivity contribution is 5.92. The number of nitrogens with two attached hydrogens (primary N) is 1. The monoisotopic (exact) mass is 305 g/mol. The number of nitrogens with zero attached hydrogens (tertiary/aromatic N) is 2. The Balaban J connectivity index is 1.83. The third-order valence-electron chi connectivity index (χ3n) is 3.27. The number of piperidine rings is 1. The fourth-order valence-corrected chi connectivity index (χ4v) is 2.14. The van der Waals surface area contributed by atoms with Crippen molar-refractivity contribution in [3.8, 4) is 5.88 Å². The number of hydrogen-bond donors (Lipinski definition) is 1. The van der Waals surface area contributed by atoms with Gasteiger partial charge in [0, 0.05) is 38.2 Å². The van der Waals surface area contributed by atoms with Gasteiger partial charge < -0.3 is 20.1 Å². The maximum atomic E-state index is 11.7. The number of hydrogen-bond acceptors (Lipinski definition) is 5. The van der Waals surface area contributed by atoms with Crippen molar-refractivity contribution in [2.45, 2.75) is 25.9 Å². The van der Waals surface area contributed by atoms with E-state index in [1.807, 2.05) is 0 Å². The van der Waals surface area contributed by atoms with Crippen molar-refractivity contribution in [3.63, 3.8) is 0 Å². The van der Waals surface area contributed by atoms with Crippen LogP contribution in [0.3, 0.4) is 0 Å². The maximum Gasteiger partial charge on any atom is 0.414 e. The Morgan fingerprint density at radius 1 is 1.36 bits per heavy atom. The molecular formula is C15H19N3O4. The molecular weight excluding hydrogens is 286 g/mol. The van der Waals surface area contributed by atoms with E-state index in [1.165, 1.54) is 6.20 Å². The maximum absolute atomic E-state index is 11.7. The molecule has 1 saturated heterocycles. The van der Waals surface area contributed by atoms with Gasteiger partial charge >= 0.3 is 6.09 Å². The molecule has 2 heterocycles. The zero-order chi connectivity index (χ0) is 16.1. The molecule has 1 aromatic heterocycles. The van der Waals surface area contributed by atoms with Crippen LogP contribution in [0.1, 0.15) is 30.1 Å². The number of allylic oxidation sites excluding steroid dienone is 1. The Hall–Kier alpha value is -2.57. The molecule has 7 heteroatoms. The molecule has 118 valence electrons. The highest BCUT2D eigenvalue weighted by Crippen LogP contribution is 2.18. The number of pyridine rings is 1. The summed E-state index contributed by atoms with van der Waals surface area (Å²) in [6.45, 7) is 6.28. The summed E-state index contributed by atoms with van der Waals surface area (Å²) in [6, 6.07) is 3.19. The van der Waals surface area contributed by atoms with Crippen molar-refractivity contribution in [2.24, 2.45) is 5.73 Å². The van der Waals surface area contributed by atoms with Gasteiger partial charge in [0.05, 0.1) is 11.3 Å². The molecule has 2 N–H and O–H groups in total. The summed E-state index contributed by atoms with van der Waals surface area (Å²) in [7, 11) is 0. The lowest BCUT2D eigenvalue weighted by Crippen LogP contribution is -2.41. The lowest BCUT2D eigenvalue weighted by Gasteiger charge is -2.31. The molecule has 1 aromatic rings. The zero-order valence-corrected chi connectivity index (χ0v) is 12.4. The van der Waals surface area contributed by atoms with Crippen LogP contribution < -0.4 is 10.5 Å². The van der Waals surface area contributed by atoms with Crippen LogP contribution >= 0.6 is 0 Å². The Morgan fingerprint density at radius 3 is 2.55 bits per heavy atom. The summed E-state index contributed by atoms with van der Waals surface area (Å²) in [5.74, 6) is 0.290. The normalized spacial score (nSPS) is 15.2. The number of rotatable bonds is 4. The van der Waals surface area contributed by atoms with Gasteiger partial charge in [0.2, 0.25) is 11.8 Å². The van der Waals surface area contributed by atoms with Crippen LogP contribution in [0.4, 0.5) is 4.79 Å². The van der Waals surface area contributed by atoms with E-state index in [0.717, 1.165) is 0 Å². The molecule has 0 bridgehead atoms. The largest absolute Gasteiger partial charge is 0.474 e. The number of carbonyl (C=O) groups is 2. The Morgan fingerprint density at radius 2 is 2.05 bits per heavy atom. The molecule has 0 spiro atoms. The van der Waals surface area contributed by atoms with Crippen LogP contribution in [0.2, 0.25) is 0 Å². The van der Waals surface area contributed by atoms with Crippen molar-refractivity contribution >= 4 is 12.0 Å². The number of amides is 2. The number of ether oxygens (including phenoxy) is 2. The first-order valence-electron chi connectivity index (χ1n) is 7.00. The first kappa shape index (κ1) is 15.8. The second-order valence-electron chi connectivity index (χ2n) is 5.12. The summed E-state index contributed by atoms with van der Waals surface area (Å²) >= 11 is 0. The van der Waals surface area contributed by atoms with Gasteiger partial charge in [-0.25, -0.2) is 9.78 Å². The number of likely N-dealkylation sites (tertiary alicyclic amines) is 1. The fourth-order valence-electron chi connectivity index (χ4n) is 2.14. The van der Waals surface area contributed by atoms with Crippen LogP contribution in [0.25, 0.3) is 0 Å². The molecule has 1 aliphatic heterocycles. The number of carbonyl (C=O) groups excluding carboxylic acids is 2. The highest BCUT2D eigenvalue weighted by atomic mass is 16.6. The first-order valence-corrected chi connectivity index (χ1v) is 7.00. The van der Waals surface area contributed by atoms with E-state index in [0.29, 0.717) is 43.1 Å². The molecule has 1 aliphatic rings. The molecule has 0 aliphatic carbocycles. The van der Waals surface area contributed by atoms with Crippen LogP contribution in [0, 0.1) is 0 Å². The highest BCUT2D eigenvalue weighted by Gasteiger charge is 2.25.